The van der Waals surface area contributed by atoms with Crippen LogP contribution >= 0.6 is 0 Å². The van der Waals surface area contributed by atoms with E-state index in [1.165, 1.54) is 0 Å². The van der Waals surface area contributed by atoms with Gasteiger partial charge in [-0.1, -0.05) is 24.3 Å². The predicted molar refractivity (Wildman–Crippen MR) is 103 cm³/mol. The smallest absolute Gasteiger partial charge is 0.224 e. The van der Waals surface area contributed by atoms with Crippen LogP contribution in [0, 0.1) is 20.8 Å². The first-order valence-corrected chi connectivity index (χ1v) is 8.65. The van der Waals surface area contributed by atoms with Crippen LogP contribution in [0.1, 0.15) is 28.9 Å². The number of rotatable bonds is 5. The molecule has 1 aromatic heterocycles. The Balaban J connectivity index is 1.70. The fourth-order valence-electron chi connectivity index (χ4n) is 3.06. The highest BCUT2D eigenvalue weighted by Gasteiger charge is 2.14. The van der Waals surface area contributed by atoms with Gasteiger partial charge in [0.15, 0.2) is 0 Å². The van der Waals surface area contributed by atoms with Crippen LogP contribution < -0.4 is 5.32 Å². The molecule has 0 aliphatic rings. The monoisotopic (exact) mass is 349 g/mol. The summed E-state index contributed by atoms with van der Waals surface area (Å²) < 4.78 is 1.91. The third-order valence-electron chi connectivity index (χ3n) is 4.47. The summed E-state index contributed by atoms with van der Waals surface area (Å²) in [4.78, 5) is 12.3. The summed E-state index contributed by atoms with van der Waals surface area (Å²) in [6, 6.07) is 15.2. The van der Waals surface area contributed by atoms with E-state index in [1.807, 2.05) is 61.9 Å². The SMILES string of the molecule is Cc1ccc(NC(=O)CCc2c(C)nn(-c3ccccc3)c2C)c(O)c1. The van der Waals surface area contributed by atoms with Crippen LogP contribution in [0.4, 0.5) is 5.69 Å². The Kier molecular flexibility index (Phi) is 5.07. The maximum absolute atomic E-state index is 12.3. The van der Waals surface area contributed by atoms with Crippen molar-refractivity contribution >= 4 is 11.6 Å². The van der Waals surface area contributed by atoms with Crippen LogP contribution in [-0.2, 0) is 11.2 Å². The van der Waals surface area contributed by atoms with E-state index < -0.39 is 0 Å². The lowest BCUT2D eigenvalue weighted by molar-refractivity contribution is -0.116. The Morgan fingerprint density at radius 3 is 2.54 bits per heavy atom. The first-order chi connectivity index (χ1) is 12.5. The van der Waals surface area contributed by atoms with Gasteiger partial charge in [-0.15, -0.1) is 0 Å². The van der Waals surface area contributed by atoms with Crippen molar-refractivity contribution < 1.29 is 9.90 Å². The van der Waals surface area contributed by atoms with E-state index in [4.69, 9.17) is 0 Å². The molecule has 0 aliphatic heterocycles. The molecule has 0 fully saturated rings. The molecule has 5 nitrogen and oxygen atoms in total. The molecular weight excluding hydrogens is 326 g/mol. The number of para-hydroxylation sites is 1. The number of phenolic OH excluding ortho intramolecular Hbond substituents is 1. The quantitative estimate of drug-likeness (QED) is 0.682. The van der Waals surface area contributed by atoms with Gasteiger partial charge >= 0.3 is 0 Å². The van der Waals surface area contributed by atoms with Gasteiger partial charge in [0, 0.05) is 12.1 Å². The van der Waals surface area contributed by atoms with Gasteiger partial charge in [0.2, 0.25) is 5.91 Å². The highest BCUT2D eigenvalue weighted by atomic mass is 16.3. The zero-order valence-electron chi connectivity index (χ0n) is 15.3. The zero-order chi connectivity index (χ0) is 18.7. The minimum absolute atomic E-state index is 0.0857. The van der Waals surface area contributed by atoms with E-state index in [-0.39, 0.29) is 11.7 Å². The number of hydrogen-bond acceptors (Lipinski definition) is 3. The number of anilines is 1. The molecule has 0 atom stereocenters. The second-order valence-electron chi connectivity index (χ2n) is 6.47. The second kappa shape index (κ2) is 7.44. The molecule has 2 N–H and O–H groups in total. The molecule has 0 spiro atoms. The predicted octanol–water partition coefficient (Wildman–Crippen LogP) is 4.07. The van der Waals surface area contributed by atoms with Crippen molar-refractivity contribution in [2.45, 2.75) is 33.6 Å². The molecule has 1 amide bonds. The van der Waals surface area contributed by atoms with Gasteiger partial charge in [-0.2, -0.15) is 5.10 Å². The number of nitrogens with zero attached hydrogens (tertiary/aromatic N) is 2. The number of hydrogen-bond donors (Lipinski definition) is 2. The Bertz CT molecular complexity index is 930. The van der Waals surface area contributed by atoms with Crippen LogP contribution in [0.2, 0.25) is 0 Å². The maximum Gasteiger partial charge on any atom is 0.224 e. The van der Waals surface area contributed by atoms with Crippen molar-refractivity contribution in [3.05, 3.63) is 71.0 Å². The lowest BCUT2D eigenvalue weighted by Gasteiger charge is -2.08. The Morgan fingerprint density at radius 2 is 1.85 bits per heavy atom. The molecule has 0 saturated heterocycles. The maximum atomic E-state index is 12.3. The van der Waals surface area contributed by atoms with E-state index >= 15 is 0 Å². The van der Waals surface area contributed by atoms with Gasteiger partial charge in [-0.3, -0.25) is 4.79 Å². The van der Waals surface area contributed by atoms with Crippen LogP contribution in [0.5, 0.6) is 5.75 Å². The molecule has 0 aliphatic carbocycles. The molecule has 3 rings (SSSR count). The van der Waals surface area contributed by atoms with Crippen LogP contribution in [0.15, 0.2) is 48.5 Å². The van der Waals surface area contributed by atoms with Gasteiger partial charge in [0.1, 0.15) is 5.75 Å². The topological polar surface area (TPSA) is 67.2 Å². The molecule has 0 bridgehead atoms. The second-order valence-corrected chi connectivity index (χ2v) is 6.47. The summed E-state index contributed by atoms with van der Waals surface area (Å²) >= 11 is 0. The van der Waals surface area contributed by atoms with Gasteiger partial charge in [0.05, 0.1) is 17.1 Å². The van der Waals surface area contributed by atoms with Gasteiger partial charge < -0.3 is 10.4 Å². The Morgan fingerprint density at radius 1 is 1.12 bits per heavy atom. The fourth-order valence-corrected chi connectivity index (χ4v) is 3.06. The lowest BCUT2D eigenvalue weighted by Crippen LogP contribution is -2.13. The van der Waals surface area contributed by atoms with E-state index in [0.29, 0.717) is 18.5 Å². The number of carbonyl (C=O) groups excluding carboxylic acids is 1. The van der Waals surface area contributed by atoms with Crippen molar-refractivity contribution in [1.29, 1.82) is 0 Å². The Labute approximate surface area is 153 Å². The zero-order valence-corrected chi connectivity index (χ0v) is 15.3. The number of benzene rings is 2. The Hall–Kier alpha value is -3.08. The number of amides is 1. The average Bonchev–Trinajstić information content (AvgIpc) is 2.90. The summed E-state index contributed by atoms with van der Waals surface area (Å²) in [6.07, 6.45) is 0.929. The van der Waals surface area contributed by atoms with Crippen molar-refractivity contribution in [3.63, 3.8) is 0 Å². The van der Waals surface area contributed by atoms with Gasteiger partial charge in [-0.05, 0) is 62.6 Å². The lowest BCUT2D eigenvalue weighted by atomic mass is 10.1. The summed E-state index contributed by atoms with van der Waals surface area (Å²) in [5.74, 6) is -0.0435. The molecule has 0 radical (unpaired) electrons. The number of nitrogens with one attached hydrogen (secondary N) is 1. The standard InChI is InChI=1S/C21H23N3O2/c1-14-9-11-19(20(25)13-14)22-21(26)12-10-18-15(2)23-24(16(18)3)17-7-5-4-6-8-17/h4-9,11,13,25H,10,12H2,1-3H3,(H,22,26). The van der Waals surface area contributed by atoms with Crippen LogP contribution in [0.25, 0.3) is 5.69 Å². The van der Waals surface area contributed by atoms with Crippen LogP contribution in [-0.4, -0.2) is 20.8 Å². The van der Waals surface area contributed by atoms with E-state index in [2.05, 4.69) is 10.4 Å². The van der Waals surface area contributed by atoms with E-state index in [0.717, 1.165) is 28.2 Å². The third-order valence-corrected chi connectivity index (χ3v) is 4.47. The molecule has 0 saturated carbocycles. The highest BCUT2D eigenvalue weighted by Crippen LogP contribution is 2.24. The van der Waals surface area contributed by atoms with Crippen molar-refractivity contribution in [1.82, 2.24) is 9.78 Å². The number of carbonyl (C=O) groups is 1. The highest BCUT2D eigenvalue weighted by molar-refractivity contribution is 5.92. The summed E-state index contributed by atoms with van der Waals surface area (Å²) in [5, 5.41) is 17.3. The van der Waals surface area contributed by atoms with Gasteiger partial charge in [0.25, 0.3) is 0 Å². The van der Waals surface area contributed by atoms with E-state index in [9.17, 15) is 9.90 Å². The van der Waals surface area contributed by atoms with Crippen LogP contribution in [0.3, 0.4) is 0 Å². The summed E-state index contributed by atoms with van der Waals surface area (Å²) in [7, 11) is 0. The molecule has 134 valence electrons. The largest absolute Gasteiger partial charge is 0.506 e. The normalized spacial score (nSPS) is 10.7. The van der Waals surface area contributed by atoms with E-state index in [1.54, 1.807) is 12.1 Å². The molecule has 2 aromatic carbocycles. The summed E-state index contributed by atoms with van der Waals surface area (Å²) in [6.45, 7) is 5.87. The average molecular weight is 349 g/mol. The number of phenols is 1. The molecular formula is C21H23N3O2. The molecule has 0 unspecified atom stereocenters. The summed E-state index contributed by atoms with van der Waals surface area (Å²) in [5.41, 5.74) is 5.44. The van der Waals surface area contributed by atoms with Gasteiger partial charge in [-0.25, -0.2) is 4.68 Å². The minimum atomic E-state index is -0.129. The minimum Gasteiger partial charge on any atom is -0.506 e. The molecule has 3 aromatic rings. The number of aryl methyl sites for hydroxylation is 2. The van der Waals surface area contributed by atoms with Crippen molar-refractivity contribution in [2.24, 2.45) is 0 Å². The first-order valence-electron chi connectivity index (χ1n) is 8.65. The third kappa shape index (κ3) is 3.77. The molecule has 26 heavy (non-hydrogen) atoms. The first kappa shape index (κ1) is 17.7. The van der Waals surface area contributed by atoms with Crippen molar-refractivity contribution in [3.8, 4) is 11.4 Å². The molecule has 1 heterocycles. The number of aromatic hydroxyl groups is 1. The fraction of sp³-hybridized carbons (Fsp3) is 0.238. The van der Waals surface area contributed by atoms with Crippen molar-refractivity contribution in [2.75, 3.05) is 5.32 Å². The number of aromatic nitrogens is 2. The molecule has 5 heteroatoms.